The summed E-state index contributed by atoms with van der Waals surface area (Å²) in [5.74, 6) is -5.35. The van der Waals surface area contributed by atoms with Gasteiger partial charge in [-0.25, -0.2) is 0 Å². The van der Waals surface area contributed by atoms with E-state index in [9.17, 15) is 39.6 Å². The summed E-state index contributed by atoms with van der Waals surface area (Å²) in [5.41, 5.74) is 8.10. The third-order valence-electron chi connectivity index (χ3n) is 10.9. The minimum absolute atomic E-state index is 0. The molecule has 12 heterocycles. The average molecular weight is 1210 g/mol. The third-order valence-corrected chi connectivity index (χ3v) is 10.9. The maximum Gasteiger partial charge on any atom is 4.00 e. The first-order chi connectivity index (χ1) is 41.0. The minimum Gasteiger partial charge on any atom is -0.545 e. The van der Waals surface area contributed by atoms with Crippen molar-refractivity contribution in [2.75, 3.05) is 0 Å². The zero-order valence-electron chi connectivity index (χ0n) is 44.4. The van der Waals surface area contributed by atoms with Crippen LogP contribution in [0.5, 0.6) is 0 Å². The molecule has 20 nitrogen and oxygen atoms in total. The molecule has 12 aromatic heterocycles. The van der Waals surface area contributed by atoms with Crippen LogP contribution in [0.15, 0.2) is 268 Å². The summed E-state index contributed by atoms with van der Waals surface area (Å²) >= 11 is 0. The number of aromatic nitrogens is 12. The molecule has 85 heavy (non-hydrogen) atoms. The maximum absolute atomic E-state index is 10.7. The fourth-order valence-electron chi connectivity index (χ4n) is 6.90. The summed E-state index contributed by atoms with van der Waals surface area (Å²) in [7, 11) is 0. The van der Waals surface area contributed by atoms with Gasteiger partial charge in [-0.05, 0) is 146 Å². The van der Waals surface area contributed by atoms with Crippen molar-refractivity contribution < 1.29 is 59.1 Å². The molecule has 0 radical (unpaired) electrons. The molecule has 12 rings (SSSR count). The second-order valence-corrected chi connectivity index (χ2v) is 16.6. The van der Waals surface area contributed by atoms with Gasteiger partial charge in [0.05, 0.1) is 92.2 Å². The molecule has 0 bridgehead atoms. The Morgan fingerprint density at radius 2 is 0.341 bits per heavy atom. The van der Waals surface area contributed by atoms with Gasteiger partial charge in [0.15, 0.2) is 0 Å². The van der Waals surface area contributed by atoms with Crippen molar-refractivity contribution >= 4 is 23.9 Å². The van der Waals surface area contributed by atoms with Gasteiger partial charge in [0.25, 0.3) is 0 Å². The maximum atomic E-state index is 10.7. The van der Waals surface area contributed by atoms with Gasteiger partial charge in [0, 0.05) is 96.6 Å². The van der Waals surface area contributed by atoms with Crippen molar-refractivity contribution in [1.29, 1.82) is 0 Å². The fourth-order valence-corrected chi connectivity index (χ4v) is 6.90. The molecule has 0 unspecified atom stereocenters. The number of aromatic carboxylic acids is 4. The van der Waals surface area contributed by atoms with E-state index in [1.54, 1.807) is 49.6 Å². The van der Waals surface area contributed by atoms with Crippen LogP contribution in [0.25, 0.3) is 68.3 Å². The van der Waals surface area contributed by atoms with Gasteiger partial charge in [0.1, 0.15) is 0 Å². The molecule has 0 fully saturated rings. The van der Waals surface area contributed by atoms with Crippen molar-refractivity contribution in [3.8, 4) is 68.3 Å². The normalized spacial score (nSPS) is 9.69. The molecular formula is C64H44N12O8Ru. The van der Waals surface area contributed by atoms with Crippen molar-refractivity contribution in [2.45, 2.75) is 0 Å². The molecule has 0 aliphatic carbocycles. The molecule has 0 N–H and O–H groups in total. The number of pyridine rings is 12. The second kappa shape index (κ2) is 33.8. The van der Waals surface area contributed by atoms with Crippen molar-refractivity contribution in [3.05, 3.63) is 291 Å². The van der Waals surface area contributed by atoms with E-state index in [0.29, 0.717) is 0 Å². The van der Waals surface area contributed by atoms with Gasteiger partial charge in [-0.3, -0.25) is 59.8 Å². The molecule has 0 spiro atoms. The monoisotopic (exact) mass is 1210 g/mol. The number of carboxylic acids is 4. The number of hydrogen-bond donors (Lipinski definition) is 0. The van der Waals surface area contributed by atoms with Crippen molar-refractivity contribution in [1.82, 2.24) is 59.8 Å². The summed E-state index contributed by atoms with van der Waals surface area (Å²) in [6.45, 7) is 0. The Kier molecular flexibility index (Phi) is 24.8. The smallest absolute Gasteiger partial charge is 0.545 e. The molecule has 21 heteroatoms. The minimum atomic E-state index is -1.34. The van der Waals surface area contributed by atoms with Gasteiger partial charge in [-0.15, -0.1) is 0 Å². The first-order valence-corrected chi connectivity index (χ1v) is 25.0. The molecule has 0 aliphatic heterocycles. The van der Waals surface area contributed by atoms with Crippen LogP contribution in [0.3, 0.4) is 0 Å². The Labute approximate surface area is 499 Å². The van der Waals surface area contributed by atoms with Crippen LogP contribution in [0.4, 0.5) is 0 Å². The fraction of sp³-hybridized carbons (Fsp3) is 0. The van der Waals surface area contributed by atoms with E-state index >= 15 is 0 Å². The molecular weight excluding hydrogens is 1170 g/mol. The molecule has 0 amide bonds. The van der Waals surface area contributed by atoms with Gasteiger partial charge in [-0.1, -0.05) is 48.5 Å². The van der Waals surface area contributed by atoms with Crippen molar-refractivity contribution in [2.24, 2.45) is 0 Å². The summed E-state index contributed by atoms with van der Waals surface area (Å²) in [6.07, 6.45) is 19.3. The van der Waals surface area contributed by atoms with Gasteiger partial charge in [0.2, 0.25) is 0 Å². The van der Waals surface area contributed by atoms with E-state index in [0.717, 1.165) is 45.6 Å². The quantitative estimate of drug-likeness (QED) is 0.135. The summed E-state index contributed by atoms with van der Waals surface area (Å²) in [4.78, 5) is 92.0. The van der Waals surface area contributed by atoms with E-state index < -0.39 is 23.9 Å². The number of carbonyl (C=O) groups excluding carboxylic acids is 4. The van der Waals surface area contributed by atoms with Crippen LogP contribution in [0.2, 0.25) is 0 Å². The molecule has 0 saturated carbocycles. The van der Waals surface area contributed by atoms with Crippen LogP contribution >= 0.6 is 0 Å². The van der Waals surface area contributed by atoms with Crippen LogP contribution in [-0.2, 0) is 19.5 Å². The Morgan fingerprint density at radius 3 is 0.459 bits per heavy atom. The predicted octanol–water partition coefficient (Wildman–Crippen LogP) is 6.31. The molecule has 0 saturated heterocycles. The Morgan fingerprint density at radius 1 is 0.200 bits per heavy atom. The average Bonchev–Trinajstić information content (AvgIpc) is 3.74. The Hall–Kier alpha value is -11.7. The van der Waals surface area contributed by atoms with E-state index in [4.69, 9.17) is 0 Å². The number of rotatable bonds is 10. The van der Waals surface area contributed by atoms with E-state index in [2.05, 4.69) is 59.8 Å². The number of carboxylic acid groups (broad SMARTS) is 4. The van der Waals surface area contributed by atoms with Crippen LogP contribution in [0.1, 0.15) is 41.4 Å². The molecule has 0 aliphatic rings. The standard InChI is InChI=1S/2C12H8N2O4.4C10H8N2.Ru/c2*15-11(16)7-1-3-13-9(5-7)10-6-8(12(17)18)2-4-14-10;4*1-3-7-11-9(5-1)10-6-2-4-8-12-10;/h2*1-6H,(H,15,16)(H,17,18);4*1-8H;/q;;;;;;+4/p-4. The summed E-state index contributed by atoms with van der Waals surface area (Å²) in [6, 6.07) is 56.5. The SMILES string of the molecule is O=C([O-])c1ccnc(-c2cc(C(=O)[O-])ccn2)c1.O=C([O-])c1ccnc(-c2cc(C(=O)[O-])ccn2)c1.[Ru+4].c1ccc(-c2ccccn2)nc1.c1ccc(-c2ccccn2)nc1.c1ccc(-c2ccccn2)nc1.c1ccc(-c2ccccn2)nc1. The zero-order chi connectivity index (χ0) is 59.1. The Balaban J connectivity index is 0.000000165. The van der Waals surface area contributed by atoms with E-state index in [1.165, 1.54) is 73.3 Å². The Bertz CT molecular complexity index is 3300. The molecule has 0 atom stereocenters. The van der Waals surface area contributed by atoms with Crippen LogP contribution in [0, 0.1) is 0 Å². The topological polar surface area (TPSA) is 315 Å². The first-order valence-electron chi connectivity index (χ1n) is 25.0. The largest absolute Gasteiger partial charge is 4.00 e. The summed E-state index contributed by atoms with van der Waals surface area (Å²) in [5, 5.41) is 42.8. The van der Waals surface area contributed by atoms with Crippen LogP contribution < -0.4 is 20.4 Å². The third kappa shape index (κ3) is 20.4. The summed E-state index contributed by atoms with van der Waals surface area (Å²) < 4.78 is 0. The number of nitrogens with zero attached hydrogens (tertiary/aromatic N) is 12. The second-order valence-electron chi connectivity index (χ2n) is 16.6. The molecule has 0 aromatic carbocycles. The number of hydrogen-bond acceptors (Lipinski definition) is 20. The first kappa shape index (κ1) is 62.5. The number of carbonyl (C=O) groups is 4. The van der Waals surface area contributed by atoms with Gasteiger partial charge in [-0.2, -0.15) is 0 Å². The van der Waals surface area contributed by atoms with Gasteiger partial charge < -0.3 is 39.6 Å². The molecule has 12 aromatic rings. The van der Waals surface area contributed by atoms with E-state index in [1.807, 2.05) is 146 Å². The molecule has 416 valence electrons. The van der Waals surface area contributed by atoms with Crippen molar-refractivity contribution in [3.63, 3.8) is 0 Å². The zero-order valence-corrected chi connectivity index (χ0v) is 46.1. The van der Waals surface area contributed by atoms with Gasteiger partial charge >= 0.3 is 19.5 Å². The van der Waals surface area contributed by atoms with Crippen LogP contribution in [-0.4, -0.2) is 83.7 Å². The van der Waals surface area contributed by atoms with E-state index in [-0.39, 0.29) is 64.5 Å². The predicted molar refractivity (Wildman–Crippen MR) is 302 cm³/mol.